The summed E-state index contributed by atoms with van der Waals surface area (Å²) < 4.78 is 23.5. The average molecular weight is 210 g/mol. The highest BCUT2D eigenvalue weighted by atomic mass is 19.3. The Morgan fingerprint density at radius 2 is 2.14 bits per heavy atom. The predicted octanol–water partition coefficient (Wildman–Crippen LogP) is -0.272. The van der Waals surface area contributed by atoms with Crippen molar-refractivity contribution in [2.24, 2.45) is 0 Å². The van der Waals surface area contributed by atoms with Crippen LogP contribution < -0.4 is 10.6 Å². The summed E-state index contributed by atoms with van der Waals surface area (Å²) in [5.74, 6) is -0.0822. The molecule has 1 atom stereocenters. The molecule has 84 valence electrons. The number of carbonyl (C=O) groups is 1. The normalized spacial score (nSPS) is 12.9. The second kappa shape index (κ2) is 7.64. The summed E-state index contributed by atoms with van der Waals surface area (Å²) in [6.07, 6.45) is -3.43. The number of nitrogens with one attached hydrogen (secondary N) is 2. The number of amides is 1. The van der Waals surface area contributed by atoms with E-state index in [0.717, 1.165) is 0 Å². The lowest BCUT2D eigenvalue weighted by Crippen LogP contribution is -2.33. The lowest BCUT2D eigenvalue weighted by molar-refractivity contribution is -0.120. The fourth-order valence-corrected chi connectivity index (χ4v) is 0.838. The number of carbonyl (C=O) groups excluding carboxylic acids is 1. The molecule has 14 heavy (non-hydrogen) atoms. The van der Waals surface area contributed by atoms with Gasteiger partial charge in [0.2, 0.25) is 5.91 Å². The van der Waals surface area contributed by atoms with Crippen LogP contribution in [0.25, 0.3) is 0 Å². The molecule has 0 bridgehead atoms. The van der Waals surface area contributed by atoms with E-state index in [1.165, 1.54) is 7.05 Å². The third-order valence-corrected chi connectivity index (χ3v) is 1.68. The van der Waals surface area contributed by atoms with E-state index in [9.17, 15) is 13.6 Å². The Labute approximate surface area is 81.7 Å². The number of hydrogen-bond donors (Lipinski definition) is 3. The van der Waals surface area contributed by atoms with Crippen molar-refractivity contribution in [2.75, 3.05) is 20.1 Å². The van der Waals surface area contributed by atoms with Crippen molar-refractivity contribution < 1.29 is 18.7 Å². The fraction of sp³-hybridized carbons (Fsp3) is 0.875. The number of alkyl halides is 2. The highest BCUT2D eigenvalue weighted by Gasteiger charge is 2.15. The van der Waals surface area contributed by atoms with Crippen molar-refractivity contribution in [2.45, 2.75) is 25.4 Å². The second-order valence-electron chi connectivity index (χ2n) is 2.88. The second-order valence-corrected chi connectivity index (χ2v) is 2.88. The molecule has 1 unspecified atom stereocenters. The number of aliphatic hydroxyl groups is 1. The molecule has 0 aromatic carbocycles. The van der Waals surface area contributed by atoms with Crippen LogP contribution in [-0.2, 0) is 4.79 Å². The highest BCUT2D eigenvalue weighted by Crippen LogP contribution is 1.98. The van der Waals surface area contributed by atoms with Gasteiger partial charge < -0.3 is 15.7 Å². The quantitative estimate of drug-likeness (QED) is 0.507. The van der Waals surface area contributed by atoms with Gasteiger partial charge in [-0.15, -0.1) is 0 Å². The zero-order valence-corrected chi connectivity index (χ0v) is 8.09. The Kier molecular flexibility index (Phi) is 7.23. The van der Waals surface area contributed by atoms with E-state index in [2.05, 4.69) is 10.6 Å². The molecule has 0 aromatic rings. The summed E-state index contributed by atoms with van der Waals surface area (Å²) in [4.78, 5) is 10.7. The van der Waals surface area contributed by atoms with Crippen LogP contribution in [0.4, 0.5) is 8.78 Å². The Bertz CT molecular complexity index is 167. The number of rotatable bonds is 7. The molecule has 0 spiro atoms. The van der Waals surface area contributed by atoms with Crippen LogP contribution in [0, 0.1) is 0 Å². The average Bonchev–Trinajstić information content (AvgIpc) is 2.16. The van der Waals surface area contributed by atoms with Gasteiger partial charge in [0.15, 0.2) is 0 Å². The first kappa shape index (κ1) is 13.2. The monoisotopic (exact) mass is 210 g/mol. The molecule has 3 N–H and O–H groups in total. The zero-order valence-electron chi connectivity index (χ0n) is 8.09. The van der Waals surface area contributed by atoms with Crippen molar-refractivity contribution in [3.63, 3.8) is 0 Å². The van der Waals surface area contributed by atoms with Gasteiger partial charge >= 0.3 is 0 Å². The SMILES string of the molecule is CNC(=O)CCCNCC(O)C(F)F. The van der Waals surface area contributed by atoms with Gasteiger partial charge in [0.1, 0.15) is 6.10 Å². The molecule has 0 saturated carbocycles. The number of hydrogen-bond acceptors (Lipinski definition) is 3. The van der Waals surface area contributed by atoms with Crippen LogP contribution in [0.5, 0.6) is 0 Å². The first-order chi connectivity index (χ1) is 6.57. The van der Waals surface area contributed by atoms with Crippen LogP contribution in [0.2, 0.25) is 0 Å². The summed E-state index contributed by atoms with van der Waals surface area (Å²) in [6, 6.07) is 0. The highest BCUT2D eigenvalue weighted by molar-refractivity contribution is 5.75. The summed E-state index contributed by atoms with van der Waals surface area (Å²) in [5.41, 5.74) is 0. The third kappa shape index (κ3) is 6.73. The zero-order chi connectivity index (χ0) is 11.0. The van der Waals surface area contributed by atoms with Gasteiger partial charge in [-0.2, -0.15) is 0 Å². The molecule has 1 amide bonds. The largest absolute Gasteiger partial charge is 0.386 e. The lowest BCUT2D eigenvalue weighted by Gasteiger charge is -2.09. The molecule has 0 aliphatic rings. The van der Waals surface area contributed by atoms with E-state index in [1.54, 1.807) is 0 Å². The molecule has 0 radical (unpaired) electrons. The van der Waals surface area contributed by atoms with Gasteiger partial charge in [-0.25, -0.2) is 8.78 Å². The minimum Gasteiger partial charge on any atom is -0.386 e. The summed E-state index contributed by atoms with van der Waals surface area (Å²) >= 11 is 0. The molecule has 6 heteroatoms. The molecule has 0 aliphatic heterocycles. The van der Waals surface area contributed by atoms with Crippen molar-refractivity contribution in [3.8, 4) is 0 Å². The van der Waals surface area contributed by atoms with Gasteiger partial charge in [-0.3, -0.25) is 4.79 Å². The van der Waals surface area contributed by atoms with Crippen LogP contribution in [0.15, 0.2) is 0 Å². The Hall–Kier alpha value is -0.750. The molecule has 0 aliphatic carbocycles. The van der Waals surface area contributed by atoms with Gasteiger partial charge in [0, 0.05) is 20.0 Å². The maximum Gasteiger partial charge on any atom is 0.265 e. The topological polar surface area (TPSA) is 61.4 Å². The minimum atomic E-state index is -2.72. The molecular weight excluding hydrogens is 194 g/mol. The van der Waals surface area contributed by atoms with E-state index in [1.807, 2.05) is 0 Å². The van der Waals surface area contributed by atoms with Crippen molar-refractivity contribution in [3.05, 3.63) is 0 Å². The van der Waals surface area contributed by atoms with Crippen LogP contribution in [0.3, 0.4) is 0 Å². The van der Waals surface area contributed by atoms with Gasteiger partial charge in [-0.1, -0.05) is 0 Å². The fourth-order valence-electron chi connectivity index (χ4n) is 0.838. The van der Waals surface area contributed by atoms with Crippen LogP contribution in [0.1, 0.15) is 12.8 Å². The minimum absolute atomic E-state index is 0.0822. The molecule has 0 aromatic heterocycles. The molecule has 0 fully saturated rings. The molecule has 0 rings (SSSR count). The molecule has 0 heterocycles. The van der Waals surface area contributed by atoms with E-state index in [0.29, 0.717) is 19.4 Å². The molecule has 0 saturated heterocycles. The van der Waals surface area contributed by atoms with E-state index < -0.39 is 12.5 Å². The smallest absolute Gasteiger partial charge is 0.265 e. The van der Waals surface area contributed by atoms with Crippen LogP contribution in [-0.4, -0.2) is 43.7 Å². The number of aliphatic hydroxyl groups excluding tert-OH is 1. The van der Waals surface area contributed by atoms with Gasteiger partial charge in [0.05, 0.1) is 0 Å². The lowest BCUT2D eigenvalue weighted by atomic mass is 10.3. The van der Waals surface area contributed by atoms with Crippen molar-refractivity contribution >= 4 is 5.91 Å². The Morgan fingerprint density at radius 3 is 2.64 bits per heavy atom. The maximum absolute atomic E-state index is 11.8. The number of halogens is 2. The predicted molar refractivity (Wildman–Crippen MR) is 48.2 cm³/mol. The summed E-state index contributed by atoms with van der Waals surface area (Å²) in [6.45, 7) is 0.294. The maximum atomic E-state index is 11.8. The first-order valence-electron chi connectivity index (χ1n) is 4.45. The van der Waals surface area contributed by atoms with Gasteiger partial charge in [0.25, 0.3) is 6.43 Å². The first-order valence-corrected chi connectivity index (χ1v) is 4.45. The Balaban J connectivity index is 3.25. The van der Waals surface area contributed by atoms with E-state index in [4.69, 9.17) is 5.11 Å². The molecular formula is C8H16F2N2O2. The van der Waals surface area contributed by atoms with Crippen molar-refractivity contribution in [1.82, 2.24) is 10.6 Å². The van der Waals surface area contributed by atoms with Gasteiger partial charge in [-0.05, 0) is 13.0 Å². The van der Waals surface area contributed by atoms with E-state index >= 15 is 0 Å². The Morgan fingerprint density at radius 1 is 1.50 bits per heavy atom. The summed E-state index contributed by atoms with van der Waals surface area (Å²) in [5, 5.41) is 13.8. The van der Waals surface area contributed by atoms with E-state index in [-0.39, 0.29) is 12.5 Å². The molecule has 4 nitrogen and oxygen atoms in total. The standard InChI is InChI=1S/C8H16F2N2O2/c1-11-7(14)3-2-4-12-5-6(13)8(9)10/h6,8,12-13H,2-5H2,1H3,(H,11,14). The summed E-state index contributed by atoms with van der Waals surface area (Å²) in [7, 11) is 1.54. The van der Waals surface area contributed by atoms with Crippen LogP contribution >= 0.6 is 0 Å². The van der Waals surface area contributed by atoms with Crippen molar-refractivity contribution in [1.29, 1.82) is 0 Å². The third-order valence-electron chi connectivity index (χ3n) is 1.68.